The Morgan fingerprint density at radius 2 is 1.76 bits per heavy atom. The summed E-state index contributed by atoms with van der Waals surface area (Å²) in [5.74, 6) is 1.62. The molecule has 2 rings (SSSR count). The van der Waals surface area contributed by atoms with Crippen LogP contribution >= 0.6 is 31.9 Å². The van der Waals surface area contributed by atoms with E-state index < -0.39 is 0 Å². The number of halogens is 2. The molecule has 0 atom stereocenters. The molecule has 2 N–H and O–H groups in total. The monoisotopic (exact) mass is 361 g/mol. The van der Waals surface area contributed by atoms with Crippen molar-refractivity contribution in [1.82, 2.24) is 0 Å². The van der Waals surface area contributed by atoms with E-state index in [2.05, 4.69) is 31.9 Å². The van der Waals surface area contributed by atoms with Crippen molar-refractivity contribution in [3.63, 3.8) is 0 Å². The van der Waals surface area contributed by atoms with E-state index in [4.69, 9.17) is 10.5 Å². The first kappa shape index (κ1) is 13.4. The first-order valence-electron chi connectivity index (χ1n) is 6.01. The normalized spacial score (nSPS) is 16.4. The third-order valence-corrected chi connectivity index (χ3v) is 4.41. The Hall–Kier alpha value is -0.0600. The first-order valence-corrected chi connectivity index (χ1v) is 7.60. The molecule has 0 amide bonds. The average Bonchev–Trinajstić information content (AvgIpc) is 2.80. The number of hydrogen-bond acceptors (Lipinski definition) is 2. The molecule has 94 valence electrons. The zero-order chi connectivity index (χ0) is 12.3. The van der Waals surface area contributed by atoms with E-state index in [1.165, 1.54) is 25.7 Å². The highest BCUT2D eigenvalue weighted by molar-refractivity contribution is 9.11. The summed E-state index contributed by atoms with van der Waals surface area (Å²) < 4.78 is 7.87. The molecular formula is C13H17Br2NO. The van der Waals surface area contributed by atoms with Crippen molar-refractivity contribution in [2.45, 2.75) is 32.2 Å². The topological polar surface area (TPSA) is 35.2 Å². The van der Waals surface area contributed by atoms with Gasteiger partial charge in [0.15, 0.2) is 0 Å². The molecule has 1 aromatic carbocycles. The van der Waals surface area contributed by atoms with Crippen LogP contribution in [0.3, 0.4) is 0 Å². The number of rotatable bonds is 4. The van der Waals surface area contributed by atoms with Gasteiger partial charge < -0.3 is 10.5 Å². The zero-order valence-electron chi connectivity index (χ0n) is 9.72. The van der Waals surface area contributed by atoms with Gasteiger partial charge in [-0.2, -0.15) is 0 Å². The lowest BCUT2D eigenvalue weighted by molar-refractivity contribution is 0.249. The van der Waals surface area contributed by atoms with Crippen LogP contribution in [0.4, 0.5) is 0 Å². The third-order valence-electron chi connectivity index (χ3n) is 3.23. The molecule has 1 aliphatic rings. The molecule has 4 heteroatoms. The minimum Gasteiger partial charge on any atom is -0.491 e. The summed E-state index contributed by atoms with van der Waals surface area (Å²) in [4.78, 5) is 0. The lowest BCUT2D eigenvalue weighted by Crippen LogP contribution is -2.09. The number of ether oxygens (including phenoxy) is 1. The maximum atomic E-state index is 5.92. The highest BCUT2D eigenvalue weighted by atomic mass is 79.9. The fraction of sp³-hybridized carbons (Fsp3) is 0.538. The molecule has 0 heterocycles. The Labute approximate surface area is 119 Å². The molecule has 1 saturated carbocycles. The summed E-state index contributed by atoms with van der Waals surface area (Å²) in [7, 11) is 0. The molecule has 1 fully saturated rings. The molecule has 0 radical (unpaired) electrons. The van der Waals surface area contributed by atoms with Gasteiger partial charge in [0.05, 0.1) is 15.6 Å². The molecule has 0 saturated heterocycles. The van der Waals surface area contributed by atoms with Gasteiger partial charge in [-0.05, 0) is 68.3 Å². The molecule has 2 nitrogen and oxygen atoms in total. The van der Waals surface area contributed by atoms with Gasteiger partial charge in [-0.3, -0.25) is 0 Å². The minimum atomic E-state index is 0.542. The summed E-state index contributed by atoms with van der Waals surface area (Å²) in [5.41, 5.74) is 6.72. The van der Waals surface area contributed by atoms with Crippen LogP contribution in [0.2, 0.25) is 0 Å². The van der Waals surface area contributed by atoms with Gasteiger partial charge in [-0.25, -0.2) is 0 Å². The first-order chi connectivity index (χ1) is 8.20. The largest absolute Gasteiger partial charge is 0.491 e. The van der Waals surface area contributed by atoms with Gasteiger partial charge in [0.25, 0.3) is 0 Å². The van der Waals surface area contributed by atoms with E-state index in [1.54, 1.807) is 0 Å². The molecule has 0 unspecified atom stereocenters. The minimum absolute atomic E-state index is 0.542. The molecule has 17 heavy (non-hydrogen) atoms. The third kappa shape index (κ3) is 3.46. The van der Waals surface area contributed by atoms with Crippen molar-refractivity contribution >= 4 is 31.9 Å². The second-order valence-electron chi connectivity index (χ2n) is 4.55. The van der Waals surface area contributed by atoms with Crippen LogP contribution in [-0.4, -0.2) is 6.61 Å². The lowest BCUT2D eigenvalue weighted by Gasteiger charge is -2.15. The van der Waals surface area contributed by atoms with Crippen LogP contribution in [0.1, 0.15) is 31.2 Å². The van der Waals surface area contributed by atoms with Crippen molar-refractivity contribution in [3.8, 4) is 5.75 Å². The second-order valence-corrected chi connectivity index (χ2v) is 6.26. The summed E-state index contributed by atoms with van der Waals surface area (Å²) in [6.07, 6.45) is 5.30. The molecule has 0 spiro atoms. The Morgan fingerprint density at radius 1 is 1.18 bits per heavy atom. The van der Waals surface area contributed by atoms with Crippen LogP contribution in [0.25, 0.3) is 0 Å². The van der Waals surface area contributed by atoms with E-state index in [0.29, 0.717) is 6.54 Å². The molecule has 0 aliphatic heterocycles. The maximum Gasteiger partial charge on any atom is 0.147 e. The van der Waals surface area contributed by atoms with Crippen molar-refractivity contribution in [3.05, 3.63) is 26.6 Å². The summed E-state index contributed by atoms with van der Waals surface area (Å²) in [6.45, 7) is 1.36. The van der Waals surface area contributed by atoms with Gasteiger partial charge in [-0.15, -0.1) is 0 Å². The number of hydrogen-bond donors (Lipinski definition) is 1. The van der Waals surface area contributed by atoms with Crippen molar-refractivity contribution in [2.75, 3.05) is 6.61 Å². The Morgan fingerprint density at radius 3 is 2.29 bits per heavy atom. The van der Waals surface area contributed by atoms with E-state index in [-0.39, 0.29) is 0 Å². The van der Waals surface area contributed by atoms with Gasteiger partial charge in [0, 0.05) is 6.54 Å². The number of nitrogens with two attached hydrogens (primary N) is 1. The van der Waals surface area contributed by atoms with Crippen LogP contribution in [0.5, 0.6) is 5.75 Å². The standard InChI is InChI=1S/C13H17Br2NO/c14-11-5-10(7-16)6-12(15)13(11)17-8-9-3-1-2-4-9/h5-6,9H,1-4,7-8,16H2. The second kappa shape index (κ2) is 6.21. The van der Waals surface area contributed by atoms with Crippen LogP contribution in [-0.2, 0) is 6.54 Å². The quantitative estimate of drug-likeness (QED) is 0.869. The van der Waals surface area contributed by atoms with Crippen LogP contribution < -0.4 is 10.5 Å². The van der Waals surface area contributed by atoms with E-state index >= 15 is 0 Å². The van der Waals surface area contributed by atoms with Crippen molar-refractivity contribution in [1.29, 1.82) is 0 Å². The zero-order valence-corrected chi connectivity index (χ0v) is 12.9. The molecular weight excluding hydrogens is 346 g/mol. The predicted molar refractivity (Wildman–Crippen MR) is 77.2 cm³/mol. The fourth-order valence-corrected chi connectivity index (χ4v) is 3.76. The van der Waals surface area contributed by atoms with E-state index in [9.17, 15) is 0 Å². The number of benzene rings is 1. The highest BCUT2D eigenvalue weighted by Crippen LogP contribution is 2.36. The van der Waals surface area contributed by atoms with Crippen LogP contribution in [0, 0.1) is 5.92 Å². The summed E-state index contributed by atoms with van der Waals surface area (Å²) in [6, 6.07) is 4.05. The Kier molecular flexibility index (Phi) is 4.88. The van der Waals surface area contributed by atoms with E-state index in [0.717, 1.165) is 32.8 Å². The SMILES string of the molecule is NCc1cc(Br)c(OCC2CCCC2)c(Br)c1. The summed E-state index contributed by atoms with van der Waals surface area (Å²) in [5, 5.41) is 0. The predicted octanol–water partition coefficient (Wildman–Crippen LogP) is 4.24. The van der Waals surface area contributed by atoms with Crippen molar-refractivity contribution < 1.29 is 4.74 Å². The van der Waals surface area contributed by atoms with Crippen molar-refractivity contribution in [2.24, 2.45) is 11.7 Å². The maximum absolute atomic E-state index is 5.92. The van der Waals surface area contributed by atoms with Gasteiger partial charge in [0.2, 0.25) is 0 Å². The van der Waals surface area contributed by atoms with Gasteiger partial charge in [-0.1, -0.05) is 12.8 Å². The molecule has 1 aromatic rings. The molecule has 0 bridgehead atoms. The summed E-state index contributed by atoms with van der Waals surface area (Å²) >= 11 is 7.08. The van der Waals surface area contributed by atoms with E-state index in [1.807, 2.05) is 12.1 Å². The lowest BCUT2D eigenvalue weighted by atomic mass is 10.1. The smallest absolute Gasteiger partial charge is 0.147 e. The highest BCUT2D eigenvalue weighted by Gasteiger charge is 2.17. The Balaban J connectivity index is 2.04. The average molecular weight is 363 g/mol. The Bertz CT molecular complexity index is 366. The van der Waals surface area contributed by atoms with Crippen LogP contribution in [0.15, 0.2) is 21.1 Å². The van der Waals surface area contributed by atoms with Gasteiger partial charge in [0.1, 0.15) is 5.75 Å². The molecule has 1 aliphatic carbocycles. The fourth-order valence-electron chi connectivity index (χ4n) is 2.25. The molecule has 0 aromatic heterocycles. The van der Waals surface area contributed by atoms with Gasteiger partial charge >= 0.3 is 0 Å².